The number of hydrogen-bond acceptors (Lipinski definition) is 6. The van der Waals surface area contributed by atoms with Crippen molar-refractivity contribution in [1.82, 2.24) is 20.2 Å². The Hall–Kier alpha value is -4.37. The molecule has 2 aromatic carbocycles. The van der Waals surface area contributed by atoms with Crippen molar-refractivity contribution in [3.63, 3.8) is 0 Å². The smallest absolute Gasteiger partial charge is 0.310 e. The normalized spacial score (nSPS) is 18.8. The molecule has 1 saturated carbocycles. The van der Waals surface area contributed by atoms with Gasteiger partial charge in [0.1, 0.15) is 6.04 Å². The lowest BCUT2D eigenvalue weighted by Crippen LogP contribution is -2.59. The molecule has 9 heteroatoms. The Kier molecular flexibility index (Phi) is 10.3. The van der Waals surface area contributed by atoms with E-state index in [-0.39, 0.29) is 36.7 Å². The molecule has 0 spiro atoms. The Bertz CT molecular complexity index is 1760. The van der Waals surface area contributed by atoms with E-state index < -0.39 is 17.9 Å². The van der Waals surface area contributed by atoms with Crippen LogP contribution in [-0.2, 0) is 21.4 Å². The van der Waals surface area contributed by atoms with Crippen molar-refractivity contribution in [2.24, 2.45) is 11.8 Å². The van der Waals surface area contributed by atoms with Gasteiger partial charge in [0.2, 0.25) is 5.91 Å². The number of nitrogens with one attached hydrogen (secondary N) is 1. The van der Waals surface area contributed by atoms with Gasteiger partial charge < -0.3 is 15.3 Å². The third-order valence-electron chi connectivity index (χ3n) is 10.2. The van der Waals surface area contributed by atoms with Gasteiger partial charge in [0.25, 0.3) is 5.91 Å². The highest BCUT2D eigenvalue weighted by Crippen LogP contribution is 2.37. The van der Waals surface area contributed by atoms with Gasteiger partial charge in [0.15, 0.2) is 5.82 Å². The van der Waals surface area contributed by atoms with Crippen molar-refractivity contribution >= 4 is 29.1 Å². The molecule has 1 aliphatic carbocycles. The number of likely N-dealkylation sites (tertiary alicyclic amines) is 1. The van der Waals surface area contributed by atoms with E-state index in [9.17, 15) is 19.5 Å². The van der Waals surface area contributed by atoms with E-state index in [2.05, 4.69) is 67.2 Å². The van der Waals surface area contributed by atoms with Crippen LogP contribution < -0.4 is 5.32 Å². The Labute approximate surface area is 293 Å². The molecule has 1 saturated heterocycles. The van der Waals surface area contributed by atoms with Gasteiger partial charge in [-0.15, -0.1) is 11.3 Å². The number of carbonyl (C=O) groups excluding carboxylic acids is 2. The average Bonchev–Trinajstić information content (AvgIpc) is 3.60. The van der Waals surface area contributed by atoms with Gasteiger partial charge in [0.05, 0.1) is 10.8 Å². The lowest BCUT2D eigenvalue weighted by molar-refractivity contribution is -0.153. The van der Waals surface area contributed by atoms with E-state index in [0.29, 0.717) is 16.6 Å². The van der Waals surface area contributed by atoms with Crippen LogP contribution in [-0.4, -0.2) is 56.9 Å². The van der Waals surface area contributed by atoms with E-state index in [1.807, 2.05) is 42.7 Å². The number of carboxylic acids is 1. The number of aliphatic carboxylic acids is 1. The minimum absolute atomic E-state index is 0.0911. The summed E-state index contributed by atoms with van der Waals surface area (Å²) in [6.07, 6.45) is 10.5. The number of thiophene rings is 1. The molecule has 256 valence electrons. The predicted molar refractivity (Wildman–Crippen MR) is 194 cm³/mol. The Morgan fingerprint density at radius 1 is 0.878 bits per heavy atom. The van der Waals surface area contributed by atoms with Crippen LogP contribution >= 0.6 is 11.3 Å². The van der Waals surface area contributed by atoms with Crippen LogP contribution in [0.2, 0.25) is 0 Å². The standard InChI is InChI=1S/C40H46N4O4S/c1-5-25-6-10-27(11-7-25)28-14-16-29(17-15-28)31-21-41-36(42-22-31)30-12-8-26(9-13-30)20-33(38(46)44-23-32(24-44)39(47)48)43-37(45)34-18-19-35(49-34)40(2,3)4/h8-9,12-19,21-22,25,27,32-33H,5-7,10-11,20,23-24H2,1-4H3,(H,43,45)(H,47,48)/t25-,27-,33-/m0/s1. The van der Waals surface area contributed by atoms with Crippen LogP contribution in [0, 0.1) is 11.8 Å². The molecule has 1 atom stereocenters. The highest BCUT2D eigenvalue weighted by atomic mass is 32.1. The van der Waals surface area contributed by atoms with E-state index in [4.69, 9.17) is 0 Å². The first-order valence-electron chi connectivity index (χ1n) is 17.4. The van der Waals surface area contributed by atoms with Gasteiger partial charge in [-0.05, 0) is 71.8 Å². The highest BCUT2D eigenvalue weighted by Gasteiger charge is 2.39. The fraction of sp³-hybridized carbons (Fsp3) is 0.425. The van der Waals surface area contributed by atoms with E-state index in [1.165, 1.54) is 53.9 Å². The molecule has 0 radical (unpaired) electrons. The first kappa shape index (κ1) is 34.5. The van der Waals surface area contributed by atoms with Gasteiger partial charge in [-0.25, -0.2) is 9.97 Å². The minimum atomic E-state index is -0.915. The predicted octanol–water partition coefficient (Wildman–Crippen LogP) is 7.74. The maximum Gasteiger partial charge on any atom is 0.310 e. The fourth-order valence-corrected chi connectivity index (χ4v) is 7.80. The van der Waals surface area contributed by atoms with Crippen molar-refractivity contribution in [3.8, 4) is 22.5 Å². The number of hydrogen-bond donors (Lipinski definition) is 2. The Morgan fingerprint density at radius 3 is 2.08 bits per heavy atom. The molecule has 3 heterocycles. The van der Waals surface area contributed by atoms with Gasteiger partial charge >= 0.3 is 5.97 Å². The van der Waals surface area contributed by atoms with Gasteiger partial charge in [-0.2, -0.15) is 0 Å². The summed E-state index contributed by atoms with van der Waals surface area (Å²) in [5, 5.41) is 12.3. The summed E-state index contributed by atoms with van der Waals surface area (Å²) in [7, 11) is 0. The largest absolute Gasteiger partial charge is 0.481 e. The topological polar surface area (TPSA) is 112 Å². The average molecular weight is 679 g/mol. The number of carboxylic acid groups (broad SMARTS) is 1. The number of benzene rings is 2. The molecule has 2 aromatic heterocycles. The van der Waals surface area contributed by atoms with Crippen LogP contribution in [0.5, 0.6) is 0 Å². The maximum absolute atomic E-state index is 13.5. The van der Waals surface area contributed by atoms with E-state index in [0.717, 1.165) is 33.0 Å². The van der Waals surface area contributed by atoms with Gasteiger partial charge in [0, 0.05) is 47.9 Å². The lowest BCUT2D eigenvalue weighted by Gasteiger charge is -2.38. The van der Waals surface area contributed by atoms with Crippen LogP contribution in [0.3, 0.4) is 0 Å². The molecule has 2 fully saturated rings. The van der Waals surface area contributed by atoms with E-state index >= 15 is 0 Å². The zero-order valence-corrected chi connectivity index (χ0v) is 29.6. The number of nitrogens with zero attached hydrogens (tertiary/aromatic N) is 3. The number of carbonyl (C=O) groups is 3. The van der Waals surface area contributed by atoms with E-state index in [1.54, 1.807) is 6.07 Å². The van der Waals surface area contributed by atoms with Crippen molar-refractivity contribution < 1.29 is 19.5 Å². The number of rotatable bonds is 10. The first-order chi connectivity index (χ1) is 23.5. The van der Waals surface area contributed by atoms with Crippen LogP contribution in [0.15, 0.2) is 73.1 Å². The molecule has 8 nitrogen and oxygen atoms in total. The molecule has 0 bridgehead atoms. The van der Waals surface area contributed by atoms with Crippen LogP contribution in [0.25, 0.3) is 22.5 Å². The first-order valence-corrected chi connectivity index (χ1v) is 18.2. The van der Waals surface area contributed by atoms with Crippen molar-refractivity contribution in [2.75, 3.05) is 13.1 Å². The molecular weight excluding hydrogens is 633 g/mol. The highest BCUT2D eigenvalue weighted by molar-refractivity contribution is 7.14. The second-order valence-corrected chi connectivity index (χ2v) is 15.7. The van der Waals surface area contributed by atoms with Gasteiger partial charge in [-0.1, -0.05) is 82.6 Å². The zero-order valence-electron chi connectivity index (χ0n) is 28.8. The molecule has 0 unspecified atom stereocenters. The summed E-state index contributed by atoms with van der Waals surface area (Å²) < 4.78 is 0. The van der Waals surface area contributed by atoms with Crippen LogP contribution in [0.1, 0.15) is 91.4 Å². The van der Waals surface area contributed by atoms with Crippen LogP contribution in [0.4, 0.5) is 0 Å². The SMILES string of the molecule is CC[C@H]1CC[C@H](c2ccc(-c3cnc(-c4ccc(C[C@H](NC(=O)c5ccc(C(C)(C)C)s5)C(=O)N5CC(C(=O)O)C5)cc4)nc3)cc2)CC1. The summed E-state index contributed by atoms with van der Waals surface area (Å²) in [5.41, 5.74) is 5.11. The molecule has 4 aromatic rings. The van der Waals surface area contributed by atoms with Crippen molar-refractivity contribution in [3.05, 3.63) is 93.9 Å². The molecule has 6 rings (SSSR count). The van der Waals surface area contributed by atoms with Gasteiger partial charge in [-0.3, -0.25) is 14.4 Å². The molecule has 2 N–H and O–H groups in total. The molecule has 2 amide bonds. The summed E-state index contributed by atoms with van der Waals surface area (Å²) in [6, 6.07) is 19.5. The Morgan fingerprint density at radius 2 is 1.51 bits per heavy atom. The zero-order chi connectivity index (χ0) is 34.7. The second kappa shape index (κ2) is 14.6. The second-order valence-electron chi connectivity index (χ2n) is 14.7. The number of aromatic nitrogens is 2. The minimum Gasteiger partial charge on any atom is -0.481 e. The summed E-state index contributed by atoms with van der Waals surface area (Å²) in [5.74, 6) is 0.0691. The lowest BCUT2D eigenvalue weighted by atomic mass is 9.78. The van der Waals surface area contributed by atoms with Crippen molar-refractivity contribution in [1.29, 1.82) is 0 Å². The third kappa shape index (κ3) is 8.10. The molecule has 1 aliphatic heterocycles. The number of amides is 2. The maximum atomic E-state index is 13.5. The summed E-state index contributed by atoms with van der Waals surface area (Å²) in [6.45, 7) is 8.87. The fourth-order valence-electron chi connectivity index (χ4n) is 6.83. The molecule has 2 aliphatic rings. The summed E-state index contributed by atoms with van der Waals surface area (Å²) >= 11 is 1.42. The summed E-state index contributed by atoms with van der Waals surface area (Å²) in [4.78, 5) is 50.6. The quantitative estimate of drug-likeness (QED) is 0.178. The molecule has 49 heavy (non-hydrogen) atoms. The van der Waals surface area contributed by atoms with Crippen molar-refractivity contribution in [2.45, 2.75) is 83.6 Å². The molecular formula is C40H46N4O4S. The monoisotopic (exact) mass is 678 g/mol. The third-order valence-corrected chi connectivity index (χ3v) is 11.7. The Balaban J connectivity index is 1.11.